The zero-order valence-corrected chi connectivity index (χ0v) is 12.7. The molecule has 1 N–H and O–H groups in total. The van der Waals surface area contributed by atoms with Crippen LogP contribution in [0, 0.1) is 10.1 Å². The highest BCUT2D eigenvalue weighted by atomic mass is 32.2. The lowest BCUT2D eigenvalue weighted by Crippen LogP contribution is -2.26. The number of hydrogen-bond acceptors (Lipinski definition) is 6. The van der Waals surface area contributed by atoms with Gasteiger partial charge in [-0.2, -0.15) is 0 Å². The Bertz CT molecular complexity index is 779. The Balaban J connectivity index is 1.72. The number of amidine groups is 1. The van der Waals surface area contributed by atoms with Gasteiger partial charge in [-0.1, -0.05) is 30.0 Å². The van der Waals surface area contributed by atoms with Crippen molar-refractivity contribution in [3.8, 4) is 0 Å². The molecule has 8 heteroatoms. The number of nitro benzene ring substituents is 1. The van der Waals surface area contributed by atoms with Gasteiger partial charge in [0.25, 0.3) is 5.69 Å². The molecule has 23 heavy (non-hydrogen) atoms. The second kappa shape index (κ2) is 6.57. The SMILES string of the molecule is O=C1NC(=Nc2ccccn2)SC1Cc1cccc([N+](=O)[O-])c1. The molecule has 2 aromatic rings. The standard InChI is InChI=1S/C15H12N4O3S/c20-14-12(9-10-4-3-5-11(8-10)19(21)22)23-15(18-14)17-13-6-1-2-7-16-13/h1-8,12H,9H2,(H,16,17,18,20). The molecule has 1 fully saturated rings. The first-order valence-electron chi connectivity index (χ1n) is 6.82. The van der Waals surface area contributed by atoms with Crippen LogP contribution in [-0.2, 0) is 11.2 Å². The van der Waals surface area contributed by atoms with Crippen molar-refractivity contribution in [1.29, 1.82) is 0 Å². The van der Waals surface area contributed by atoms with Gasteiger partial charge in [-0.25, -0.2) is 9.98 Å². The number of carbonyl (C=O) groups excluding carboxylic acids is 1. The number of carbonyl (C=O) groups is 1. The molecule has 1 saturated heterocycles. The number of pyridine rings is 1. The number of non-ortho nitro benzene ring substituents is 1. The quantitative estimate of drug-likeness (QED) is 0.687. The second-order valence-corrected chi connectivity index (χ2v) is 6.02. The second-order valence-electron chi connectivity index (χ2n) is 4.83. The van der Waals surface area contributed by atoms with Gasteiger partial charge in [0.05, 0.1) is 10.2 Å². The fraction of sp³-hybridized carbons (Fsp3) is 0.133. The number of aromatic nitrogens is 1. The molecule has 1 aliphatic heterocycles. The molecule has 0 saturated carbocycles. The van der Waals surface area contributed by atoms with Gasteiger partial charge in [-0.05, 0) is 24.1 Å². The van der Waals surface area contributed by atoms with Gasteiger partial charge < -0.3 is 5.32 Å². The van der Waals surface area contributed by atoms with Crippen molar-refractivity contribution in [3.05, 3.63) is 64.3 Å². The molecule has 2 heterocycles. The fourth-order valence-electron chi connectivity index (χ4n) is 2.13. The van der Waals surface area contributed by atoms with Gasteiger partial charge in [-0.15, -0.1) is 0 Å². The number of thioether (sulfide) groups is 1. The minimum atomic E-state index is -0.445. The largest absolute Gasteiger partial charge is 0.304 e. The Morgan fingerprint density at radius 3 is 2.91 bits per heavy atom. The Morgan fingerprint density at radius 1 is 1.30 bits per heavy atom. The molecule has 7 nitrogen and oxygen atoms in total. The molecule has 1 aliphatic rings. The summed E-state index contributed by atoms with van der Waals surface area (Å²) in [5.74, 6) is 0.363. The zero-order valence-electron chi connectivity index (χ0n) is 11.9. The Hall–Kier alpha value is -2.74. The van der Waals surface area contributed by atoms with Crippen LogP contribution in [0.15, 0.2) is 53.7 Å². The normalized spacial score (nSPS) is 18.9. The van der Waals surface area contributed by atoms with Crippen LogP contribution in [0.3, 0.4) is 0 Å². The molecule has 1 amide bonds. The summed E-state index contributed by atoms with van der Waals surface area (Å²) in [5.41, 5.74) is 0.763. The van der Waals surface area contributed by atoms with Crippen molar-refractivity contribution in [1.82, 2.24) is 10.3 Å². The van der Waals surface area contributed by atoms with Crippen molar-refractivity contribution in [3.63, 3.8) is 0 Å². The monoisotopic (exact) mass is 328 g/mol. The summed E-state index contributed by atoms with van der Waals surface area (Å²) in [7, 11) is 0. The highest BCUT2D eigenvalue weighted by Crippen LogP contribution is 2.26. The summed E-state index contributed by atoms with van der Waals surface area (Å²) in [4.78, 5) is 30.7. The Kier molecular flexibility index (Phi) is 4.33. The van der Waals surface area contributed by atoms with Crippen molar-refractivity contribution in [2.75, 3.05) is 0 Å². The molecular formula is C15H12N4O3S. The van der Waals surface area contributed by atoms with Crippen LogP contribution in [-0.4, -0.2) is 26.2 Å². The minimum absolute atomic E-state index is 0.0216. The van der Waals surface area contributed by atoms with Gasteiger partial charge in [0.2, 0.25) is 5.91 Å². The maximum Gasteiger partial charge on any atom is 0.269 e. The third kappa shape index (κ3) is 3.72. The first kappa shape index (κ1) is 15.2. The molecule has 0 spiro atoms. The summed E-state index contributed by atoms with van der Waals surface area (Å²) in [6.07, 6.45) is 2.03. The average molecular weight is 328 g/mol. The number of nitro groups is 1. The number of benzene rings is 1. The fourth-order valence-corrected chi connectivity index (χ4v) is 3.14. The average Bonchev–Trinajstić information content (AvgIpc) is 2.88. The summed E-state index contributed by atoms with van der Waals surface area (Å²) in [5, 5.41) is 13.6. The van der Waals surface area contributed by atoms with Gasteiger partial charge in [-0.3, -0.25) is 14.9 Å². The van der Waals surface area contributed by atoms with Crippen molar-refractivity contribution in [2.24, 2.45) is 4.99 Å². The van der Waals surface area contributed by atoms with E-state index in [0.717, 1.165) is 5.56 Å². The number of hydrogen-bond donors (Lipinski definition) is 1. The molecule has 116 valence electrons. The zero-order chi connectivity index (χ0) is 16.2. The smallest absolute Gasteiger partial charge is 0.269 e. The maximum atomic E-state index is 12.0. The van der Waals surface area contributed by atoms with Crippen LogP contribution in [0.2, 0.25) is 0 Å². The van der Waals surface area contributed by atoms with Crippen molar-refractivity contribution in [2.45, 2.75) is 11.7 Å². The molecule has 3 rings (SSSR count). The summed E-state index contributed by atoms with van der Waals surface area (Å²) in [6, 6.07) is 11.7. The topological polar surface area (TPSA) is 97.5 Å². The number of nitrogens with zero attached hydrogens (tertiary/aromatic N) is 3. The summed E-state index contributed by atoms with van der Waals surface area (Å²) < 4.78 is 0. The number of nitrogens with one attached hydrogen (secondary N) is 1. The lowest BCUT2D eigenvalue weighted by Gasteiger charge is -2.05. The highest BCUT2D eigenvalue weighted by molar-refractivity contribution is 8.15. The van der Waals surface area contributed by atoms with E-state index >= 15 is 0 Å². The summed E-state index contributed by atoms with van der Waals surface area (Å²) >= 11 is 1.30. The third-order valence-electron chi connectivity index (χ3n) is 3.18. The van der Waals surface area contributed by atoms with Crippen LogP contribution in [0.25, 0.3) is 0 Å². The minimum Gasteiger partial charge on any atom is -0.304 e. The van der Waals surface area contributed by atoms with Crippen LogP contribution < -0.4 is 5.32 Å². The lowest BCUT2D eigenvalue weighted by molar-refractivity contribution is -0.384. The van der Waals surface area contributed by atoms with E-state index in [9.17, 15) is 14.9 Å². The lowest BCUT2D eigenvalue weighted by atomic mass is 10.1. The Morgan fingerprint density at radius 2 is 2.17 bits per heavy atom. The number of rotatable bonds is 4. The van der Waals surface area contributed by atoms with Crippen LogP contribution in [0.1, 0.15) is 5.56 Å². The van der Waals surface area contributed by atoms with Crippen molar-refractivity contribution < 1.29 is 9.72 Å². The van der Waals surface area contributed by atoms with E-state index < -0.39 is 4.92 Å². The molecule has 0 aliphatic carbocycles. The van der Waals surface area contributed by atoms with E-state index in [-0.39, 0.29) is 16.8 Å². The van der Waals surface area contributed by atoms with Crippen LogP contribution in [0.5, 0.6) is 0 Å². The Labute approximate surface area is 136 Å². The van der Waals surface area contributed by atoms with E-state index in [0.29, 0.717) is 17.4 Å². The predicted molar refractivity (Wildman–Crippen MR) is 87.7 cm³/mol. The number of aliphatic imine (C=N–C) groups is 1. The van der Waals surface area contributed by atoms with Gasteiger partial charge >= 0.3 is 0 Å². The molecule has 1 unspecified atom stereocenters. The van der Waals surface area contributed by atoms with E-state index in [1.54, 1.807) is 30.5 Å². The van der Waals surface area contributed by atoms with E-state index in [4.69, 9.17) is 0 Å². The first-order chi connectivity index (χ1) is 11.1. The molecule has 0 radical (unpaired) electrons. The van der Waals surface area contributed by atoms with Gasteiger partial charge in [0.15, 0.2) is 11.0 Å². The van der Waals surface area contributed by atoms with Crippen LogP contribution in [0.4, 0.5) is 11.5 Å². The molecule has 1 atom stereocenters. The molecule has 0 bridgehead atoms. The molecular weight excluding hydrogens is 316 g/mol. The number of amides is 1. The first-order valence-corrected chi connectivity index (χ1v) is 7.70. The predicted octanol–water partition coefficient (Wildman–Crippen LogP) is 2.45. The third-order valence-corrected chi connectivity index (χ3v) is 4.27. The highest BCUT2D eigenvalue weighted by Gasteiger charge is 2.30. The maximum absolute atomic E-state index is 12.0. The molecule has 1 aromatic heterocycles. The molecule has 1 aromatic carbocycles. The van der Waals surface area contributed by atoms with E-state index in [1.165, 1.54) is 23.9 Å². The van der Waals surface area contributed by atoms with E-state index in [1.807, 2.05) is 6.07 Å². The van der Waals surface area contributed by atoms with E-state index in [2.05, 4.69) is 15.3 Å². The van der Waals surface area contributed by atoms with Crippen LogP contribution >= 0.6 is 11.8 Å². The van der Waals surface area contributed by atoms with Gasteiger partial charge in [0.1, 0.15) is 0 Å². The van der Waals surface area contributed by atoms with Gasteiger partial charge in [0, 0.05) is 18.3 Å². The summed E-state index contributed by atoms with van der Waals surface area (Å²) in [6.45, 7) is 0. The van der Waals surface area contributed by atoms with Crippen molar-refractivity contribution >= 4 is 34.3 Å².